The third-order valence-corrected chi connectivity index (χ3v) is 4.67. The maximum absolute atomic E-state index is 12.6. The van der Waals surface area contributed by atoms with Crippen LogP contribution in [0.4, 0.5) is 18.9 Å². The highest BCUT2D eigenvalue weighted by atomic mass is 35.5. The van der Waals surface area contributed by atoms with Crippen LogP contribution in [-0.4, -0.2) is 48.2 Å². The largest absolute Gasteiger partial charge is 0.411 e. The fourth-order valence-corrected chi connectivity index (χ4v) is 3.25. The zero-order chi connectivity index (χ0) is 20.2. The Hall–Kier alpha value is -1.51. The minimum Gasteiger partial charge on any atom is -0.359 e. The van der Waals surface area contributed by atoms with Crippen molar-refractivity contribution < 1.29 is 27.5 Å². The zero-order valence-corrected chi connectivity index (χ0v) is 16.0. The van der Waals surface area contributed by atoms with Gasteiger partial charge in [0.2, 0.25) is 5.91 Å². The minimum absolute atomic E-state index is 0.242. The number of carbonyl (C=O) groups excluding carboxylic acids is 2. The van der Waals surface area contributed by atoms with Crippen LogP contribution in [-0.2, 0) is 14.3 Å². The van der Waals surface area contributed by atoms with Crippen LogP contribution in [0.2, 0.25) is 10.0 Å². The zero-order valence-electron chi connectivity index (χ0n) is 14.5. The first-order valence-corrected chi connectivity index (χ1v) is 9.09. The lowest BCUT2D eigenvalue weighted by molar-refractivity contribution is -0.189. The SMILES string of the molecule is CC(OCC(F)(F)F)C(=O)N1CCCCC1C(=O)Nc1ccc(Cl)cc1Cl. The highest BCUT2D eigenvalue weighted by Crippen LogP contribution is 2.27. The third kappa shape index (κ3) is 6.26. The van der Waals surface area contributed by atoms with Gasteiger partial charge in [-0.1, -0.05) is 23.2 Å². The molecule has 1 aromatic rings. The van der Waals surface area contributed by atoms with E-state index in [1.807, 2.05) is 0 Å². The Bertz CT molecular complexity index is 700. The van der Waals surface area contributed by atoms with E-state index in [4.69, 9.17) is 23.2 Å². The van der Waals surface area contributed by atoms with Crippen LogP contribution in [0.25, 0.3) is 0 Å². The number of amides is 2. The van der Waals surface area contributed by atoms with Crippen molar-refractivity contribution in [1.29, 1.82) is 0 Å². The number of halogens is 5. The predicted molar refractivity (Wildman–Crippen MR) is 95.9 cm³/mol. The Kier molecular flexibility index (Phi) is 7.36. The fraction of sp³-hybridized carbons (Fsp3) is 0.529. The van der Waals surface area contributed by atoms with Gasteiger partial charge in [-0.25, -0.2) is 0 Å². The lowest BCUT2D eigenvalue weighted by Gasteiger charge is -2.36. The molecule has 1 aromatic carbocycles. The molecule has 0 spiro atoms. The van der Waals surface area contributed by atoms with Crippen molar-refractivity contribution in [2.75, 3.05) is 18.5 Å². The van der Waals surface area contributed by atoms with Crippen LogP contribution >= 0.6 is 23.2 Å². The van der Waals surface area contributed by atoms with E-state index in [9.17, 15) is 22.8 Å². The number of benzene rings is 1. The van der Waals surface area contributed by atoms with Gasteiger partial charge in [0.25, 0.3) is 5.91 Å². The van der Waals surface area contributed by atoms with Gasteiger partial charge in [0.05, 0.1) is 10.7 Å². The molecule has 150 valence electrons. The number of rotatable bonds is 5. The van der Waals surface area contributed by atoms with E-state index in [0.717, 1.165) is 0 Å². The van der Waals surface area contributed by atoms with Crippen molar-refractivity contribution in [3.05, 3.63) is 28.2 Å². The Morgan fingerprint density at radius 2 is 2.04 bits per heavy atom. The molecule has 1 aliphatic rings. The summed E-state index contributed by atoms with van der Waals surface area (Å²) in [4.78, 5) is 26.4. The number of carbonyl (C=O) groups is 2. The summed E-state index contributed by atoms with van der Waals surface area (Å²) in [5.74, 6) is -1.11. The molecule has 1 N–H and O–H groups in total. The summed E-state index contributed by atoms with van der Waals surface area (Å²) >= 11 is 11.9. The number of hydrogen-bond acceptors (Lipinski definition) is 3. The Labute approximate surface area is 164 Å². The van der Waals surface area contributed by atoms with Gasteiger partial charge in [-0.3, -0.25) is 9.59 Å². The smallest absolute Gasteiger partial charge is 0.359 e. The van der Waals surface area contributed by atoms with E-state index < -0.39 is 36.7 Å². The number of nitrogens with one attached hydrogen (secondary N) is 1. The van der Waals surface area contributed by atoms with Crippen LogP contribution in [0.1, 0.15) is 26.2 Å². The van der Waals surface area contributed by atoms with Gasteiger partial charge in [-0.15, -0.1) is 0 Å². The van der Waals surface area contributed by atoms with Crippen LogP contribution in [0.5, 0.6) is 0 Å². The second kappa shape index (κ2) is 9.12. The van der Waals surface area contributed by atoms with Gasteiger partial charge < -0.3 is 15.0 Å². The molecular weight excluding hydrogens is 408 g/mol. The van der Waals surface area contributed by atoms with Gasteiger partial charge >= 0.3 is 6.18 Å². The number of nitrogens with zero attached hydrogens (tertiary/aromatic N) is 1. The summed E-state index contributed by atoms with van der Waals surface area (Å²) in [6.45, 7) is -0.0102. The first-order chi connectivity index (χ1) is 12.6. The third-order valence-electron chi connectivity index (χ3n) is 4.12. The maximum Gasteiger partial charge on any atom is 0.411 e. The summed E-state index contributed by atoms with van der Waals surface area (Å²) in [5, 5.41) is 3.29. The average Bonchev–Trinajstić information content (AvgIpc) is 2.60. The first kappa shape index (κ1) is 21.8. The lowest BCUT2D eigenvalue weighted by Crippen LogP contribution is -2.53. The van der Waals surface area contributed by atoms with Crippen molar-refractivity contribution in [3.8, 4) is 0 Å². The molecule has 2 amide bonds. The maximum atomic E-state index is 12.6. The normalized spacial score (nSPS) is 18.9. The summed E-state index contributed by atoms with van der Waals surface area (Å²) < 4.78 is 41.5. The van der Waals surface area contributed by atoms with Gasteiger partial charge in [-0.2, -0.15) is 13.2 Å². The van der Waals surface area contributed by atoms with E-state index in [1.165, 1.54) is 24.0 Å². The second-order valence-electron chi connectivity index (χ2n) is 6.23. The van der Waals surface area contributed by atoms with Gasteiger partial charge in [0.15, 0.2) is 0 Å². The van der Waals surface area contributed by atoms with Crippen molar-refractivity contribution in [1.82, 2.24) is 4.90 Å². The van der Waals surface area contributed by atoms with Crippen LogP contribution in [0.15, 0.2) is 18.2 Å². The van der Waals surface area contributed by atoms with Crippen molar-refractivity contribution in [2.45, 2.75) is 44.5 Å². The molecule has 0 radical (unpaired) electrons. The standard InChI is InChI=1S/C17H19Cl2F3N2O3/c1-10(27-9-17(20,21)22)16(26)24-7-3-2-4-14(24)15(25)23-13-6-5-11(18)8-12(13)19/h5-6,8,10,14H,2-4,7,9H2,1H3,(H,23,25). The molecule has 1 fully saturated rings. The van der Waals surface area contributed by atoms with Gasteiger partial charge in [0, 0.05) is 11.6 Å². The number of hydrogen-bond donors (Lipinski definition) is 1. The van der Waals surface area contributed by atoms with E-state index in [-0.39, 0.29) is 11.6 Å². The highest BCUT2D eigenvalue weighted by Gasteiger charge is 2.36. The number of alkyl halides is 3. The summed E-state index contributed by atoms with van der Waals surface area (Å²) in [7, 11) is 0. The number of piperidine rings is 1. The quantitative estimate of drug-likeness (QED) is 0.764. The fourth-order valence-electron chi connectivity index (χ4n) is 2.80. The molecule has 0 bridgehead atoms. The molecule has 2 atom stereocenters. The van der Waals surface area contributed by atoms with E-state index in [2.05, 4.69) is 10.1 Å². The molecule has 2 rings (SSSR count). The van der Waals surface area contributed by atoms with E-state index in [1.54, 1.807) is 6.07 Å². The molecule has 1 saturated heterocycles. The van der Waals surface area contributed by atoms with Gasteiger partial charge in [0.1, 0.15) is 18.8 Å². The summed E-state index contributed by atoms with van der Waals surface area (Å²) in [5.41, 5.74) is 0.338. The minimum atomic E-state index is -4.53. The highest BCUT2D eigenvalue weighted by molar-refractivity contribution is 6.36. The van der Waals surface area contributed by atoms with E-state index in [0.29, 0.717) is 30.0 Å². The molecule has 0 aliphatic carbocycles. The Balaban J connectivity index is 2.06. The van der Waals surface area contributed by atoms with Crippen LogP contribution in [0.3, 0.4) is 0 Å². The summed E-state index contributed by atoms with van der Waals surface area (Å²) in [6.07, 6.45) is -4.07. The van der Waals surface area contributed by atoms with Crippen molar-refractivity contribution >= 4 is 40.7 Å². The van der Waals surface area contributed by atoms with Crippen molar-refractivity contribution in [2.24, 2.45) is 0 Å². The molecule has 5 nitrogen and oxygen atoms in total. The molecule has 1 heterocycles. The average molecular weight is 427 g/mol. The monoisotopic (exact) mass is 426 g/mol. The molecule has 0 saturated carbocycles. The number of ether oxygens (including phenoxy) is 1. The second-order valence-corrected chi connectivity index (χ2v) is 7.07. The van der Waals surface area contributed by atoms with Crippen LogP contribution in [0, 0.1) is 0 Å². The molecule has 10 heteroatoms. The lowest BCUT2D eigenvalue weighted by atomic mass is 10.0. The predicted octanol–water partition coefficient (Wildman–Crippen LogP) is 4.28. The number of anilines is 1. The Morgan fingerprint density at radius 3 is 2.67 bits per heavy atom. The molecule has 27 heavy (non-hydrogen) atoms. The molecule has 2 unspecified atom stereocenters. The topological polar surface area (TPSA) is 58.6 Å². The van der Waals surface area contributed by atoms with E-state index >= 15 is 0 Å². The molecular formula is C17H19Cl2F3N2O3. The summed E-state index contributed by atoms with van der Waals surface area (Å²) in [6, 6.07) is 3.75. The van der Waals surface area contributed by atoms with Crippen molar-refractivity contribution in [3.63, 3.8) is 0 Å². The van der Waals surface area contributed by atoms with Crippen LogP contribution < -0.4 is 5.32 Å². The number of likely N-dealkylation sites (tertiary alicyclic amines) is 1. The molecule has 0 aromatic heterocycles. The molecule has 1 aliphatic heterocycles. The first-order valence-electron chi connectivity index (χ1n) is 8.33. The van der Waals surface area contributed by atoms with Gasteiger partial charge in [-0.05, 0) is 44.4 Å². The Morgan fingerprint density at radius 1 is 1.33 bits per heavy atom.